The fourth-order valence-corrected chi connectivity index (χ4v) is 3.73. The highest BCUT2D eigenvalue weighted by Crippen LogP contribution is 2.34. The van der Waals surface area contributed by atoms with Crippen LogP contribution in [0.3, 0.4) is 0 Å². The van der Waals surface area contributed by atoms with Crippen LogP contribution in [0.5, 0.6) is 0 Å². The number of halogens is 3. The number of hydrogen-bond acceptors (Lipinski definition) is 3. The quantitative estimate of drug-likeness (QED) is 0.613. The van der Waals surface area contributed by atoms with Gasteiger partial charge in [-0.05, 0) is 49.2 Å². The van der Waals surface area contributed by atoms with E-state index < -0.39 is 5.82 Å². The number of benzene rings is 2. The molecule has 1 N–H and O–H groups in total. The van der Waals surface area contributed by atoms with Gasteiger partial charge in [0.15, 0.2) is 0 Å². The Bertz CT molecular complexity index is 1040. The van der Waals surface area contributed by atoms with Gasteiger partial charge in [-0.3, -0.25) is 9.78 Å². The second-order valence-electron chi connectivity index (χ2n) is 6.46. The van der Waals surface area contributed by atoms with Crippen molar-refractivity contribution in [3.05, 3.63) is 64.0 Å². The summed E-state index contributed by atoms with van der Waals surface area (Å²) < 4.78 is 13.9. The number of amides is 1. The van der Waals surface area contributed by atoms with Crippen LogP contribution < -0.4 is 5.32 Å². The van der Waals surface area contributed by atoms with Crippen molar-refractivity contribution in [1.29, 1.82) is 0 Å². The lowest BCUT2D eigenvalue weighted by atomic mass is 10.1. The number of fused-ring (bicyclic) bond motifs is 1. The maximum Gasteiger partial charge on any atom is 0.257 e. The zero-order valence-corrected chi connectivity index (χ0v) is 15.8. The van der Waals surface area contributed by atoms with Gasteiger partial charge in [0.05, 0.1) is 27.5 Å². The first kappa shape index (κ1) is 18.0. The summed E-state index contributed by atoms with van der Waals surface area (Å²) in [6.45, 7) is 1.42. The Morgan fingerprint density at radius 3 is 2.63 bits per heavy atom. The van der Waals surface area contributed by atoms with E-state index in [4.69, 9.17) is 23.2 Å². The highest BCUT2D eigenvalue weighted by Gasteiger charge is 2.24. The van der Waals surface area contributed by atoms with Crippen LogP contribution in [-0.2, 0) is 0 Å². The molecule has 2 heterocycles. The molecule has 1 aliphatic heterocycles. The van der Waals surface area contributed by atoms with Crippen LogP contribution in [0.2, 0.25) is 10.0 Å². The first-order valence-electron chi connectivity index (χ1n) is 8.62. The maximum atomic E-state index is 13.9. The van der Waals surface area contributed by atoms with E-state index in [0.29, 0.717) is 51.0 Å². The maximum absolute atomic E-state index is 13.9. The van der Waals surface area contributed by atoms with Crippen LogP contribution in [0.25, 0.3) is 10.9 Å². The van der Waals surface area contributed by atoms with E-state index in [0.717, 1.165) is 12.8 Å². The van der Waals surface area contributed by atoms with Gasteiger partial charge in [-0.2, -0.15) is 0 Å². The number of rotatable bonds is 3. The molecule has 0 bridgehead atoms. The third-order valence-electron chi connectivity index (χ3n) is 4.64. The van der Waals surface area contributed by atoms with Crippen molar-refractivity contribution in [2.24, 2.45) is 0 Å². The van der Waals surface area contributed by atoms with Gasteiger partial charge < -0.3 is 10.2 Å². The average Bonchev–Trinajstić information content (AvgIpc) is 3.18. The second-order valence-corrected chi connectivity index (χ2v) is 7.30. The number of nitrogens with one attached hydrogen (secondary N) is 1. The standard InChI is InChI=1S/C20H16Cl2FN3O/c21-12-3-5-18(16(22)9-12)25-19-14-10-13(23)4-6-17(14)24-11-15(19)20(27)26-7-1-2-8-26/h3-6,9-11H,1-2,7-8H2,(H,24,25). The van der Waals surface area contributed by atoms with E-state index in [1.165, 1.54) is 18.3 Å². The largest absolute Gasteiger partial charge is 0.353 e. The number of pyridine rings is 1. The lowest BCUT2D eigenvalue weighted by Gasteiger charge is -2.20. The van der Waals surface area contributed by atoms with Gasteiger partial charge in [0, 0.05) is 29.7 Å². The molecule has 0 radical (unpaired) electrons. The molecule has 1 aromatic heterocycles. The van der Waals surface area contributed by atoms with Crippen molar-refractivity contribution >= 4 is 51.4 Å². The Morgan fingerprint density at radius 2 is 1.89 bits per heavy atom. The zero-order valence-electron chi connectivity index (χ0n) is 14.3. The number of carbonyl (C=O) groups is 1. The van der Waals surface area contributed by atoms with Gasteiger partial charge in [0.2, 0.25) is 0 Å². The molecule has 1 amide bonds. The third kappa shape index (κ3) is 3.57. The van der Waals surface area contributed by atoms with E-state index in [-0.39, 0.29) is 5.91 Å². The molecule has 3 aromatic rings. The normalized spacial score (nSPS) is 14.0. The van der Waals surface area contributed by atoms with Gasteiger partial charge in [0.25, 0.3) is 5.91 Å². The van der Waals surface area contributed by atoms with Crippen molar-refractivity contribution < 1.29 is 9.18 Å². The molecular weight excluding hydrogens is 388 g/mol. The van der Waals surface area contributed by atoms with Crippen LogP contribution in [-0.4, -0.2) is 28.9 Å². The third-order valence-corrected chi connectivity index (χ3v) is 5.19. The van der Waals surface area contributed by atoms with E-state index in [1.807, 2.05) is 0 Å². The molecule has 27 heavy (non-hydrogen) atoms. The van der Waals surface area contributed by atoms with Crippen molar-refractivity contribution in [3.63, 3.8) is 0 Å². The Hall–Kier alpha value is -2.37. The van der Waals surface area contributed by atoms with Crippen molar-refractivity contribution in [1.82, 2.24) is 9.88 Å². The number of hydrogen-bond donors (Lipinski definition) is 1. The van der Waals surface area contributed by atoms with Crippen LogP contribution in [0, 0.1) is 5.82 Å². The molecule has 2 aromatic carbocycles. The van der Waals surface area contributed by atoms with Gasteiger partial charge in [0.1, 0.15) is 5.82 Å². The van der Waals surface area contributed by atoms with Gasteiger partial charge in [-0.25, -0.2) is 4.39 Å². The topological polar surface area (TPSA) is 45.2 Å². The van der Waals surface area contributed by atoms with Crippen LogP contribution in [0.4, 0.5) is 15.8 Å². The molecule has 1 saturated heterocycles. The molecule has 4 nitrogen and oxygen atoms in total. The van der Waals surface area contributed by atoms with Gasteiger partial charge >= 0.3 is 0 Å². The first-order valence-corrected chi connectivity index (χ1v) is 9.38. The minimum absolute atomic E-state index is 0.126. The molecule has 138 valence electrons. The average molecular weight is 404 g/mol. The minimum Gasteiger partial charge on any atom is -0.353 e. The highest BCUT2D eigenvalue weighted by molar-refractivity contribution is 6.36. The number of aromatic nitrogens is 1. The summed E-state index contributed by atoms with van der Waals surface area (Å²) in [6, 6.07) is 9.33. The van der Waals surface area contributed by atoms with Crippen LogP contribution >= 0.6 is 23.2 Å². The van der Waals surface area contributed by atoms with Crippen LogP contribution in [0.15, 0.2) is 42.6 Å². The molecular formula is C20H16Cl2FN3O. The summed E-state index contributed by atoms with van der Waals surface area (Å²) in [4.78, 5) is 19.2. The second kappa shape index (κ2) is 7.33. The highest BCUT2D eigenvalue weighted by atomic mass is 35.5. The molecule has 1 fully saturated rings. The zero-order chi connectivity index (χ0) is 19.0. The summed E-state index contributed by atoms with van der Waals surface area (Å²) in [7, 11) is 0. The fourth-order valence-electron chi connectivity index (χ4n) is 3.28. The SMILES string of the molecule is O=C(c1cnc2ccc(F)cc2c1Nc1ccc(Cl)cc1Cl)N1CCCC1. The van der Waals surface area contributed by atoms with E-state index in [1.54, 1.807) is 29.2 Å². The molecule has 0 spiro atoms. The van der Waals surface area contributed by atoms with Crippen molar-refractivity contribution in [2.75, 3.05) is 18.4 Å². The van der Waals surface area contributed by atoms with Crippen molar-refractivity contribution in [2.45, 2.75) is 12.8 Å². The number of anilines is 2. The fraction of sp³-hybridized carbons (Fsp3) is 0.200. The van der Waals surface area contributed by atoms with Gasteiger partial charge in [-0.1, -0.05) is 23.2 Å². The predicted octanol–water partition coefficient (Wildman–Crippen LogP) is 5.66. The minimum atomic E-state index is -0.402. The lowest BCUT2D eigenvalue weighted by Crippen LogP contribution is -2.28. The Kier molecular flexibility index (Phi) is 4.89. The Balaban J connectivity index is 1.87. The summed E-state index contributed by atoms with van der Waals surface area (Å²) in [6.07, 6.45) is 3.49. The van der Waals surface area contributed by atoms with E-state index in [2.05, 4.69) is 10.3 Å². The number of carbonyl (C=O) groups excluding carboxylic acids is 1. The monoisotopic (exact) mass is 403 g/mol. The molecule has 1 aliphatic rings. The van der Waals surface area contributed by atoms with Crippen molar-refractivity contribution in [3.8, 4) is 0 Å². The summed E-state index contributed by atoms with van der Waals surface area (Å²) in [5, 5.41) is 4.63. The number of likely N-dealkylation sites (tertiary alicyclic amines) is 1. The summed E-state index contributed by atoms with van der Waals surface area (Å²) in [5.74, 6) is -0.529. The molecule has 0 saturated carbocycles. The molecule has 0 unspecified atom stereocenters. The van der Waals surface area contributed by atoms with Crippen LogP contribution in [0.1, 0.15) is 23.2 Å². The lowest BCUT2D eigenvalue weighted by molar-refractivity contribution is 0.0793. The molecule has 4 rings (SSSR count). The summed E-state index contributed by atoms with van der Waals surface area (Å²) >= 11 is 12.3. The Labute approximate surface area is 165 Å². The molecule has 0 aliphatic carbocycles. The van der Waals surface area contributed by atoms with Gasteiger partial charge in [-0.15, -0.1) is 0 Å². The summed E-state index contributed by atoms with van der Waals surface area (Å²) in [5.41, 5.74) is 2.04. The molecule has 0 atom stereocenters. The predicted molar refractivity (Wildman–Crippen MR) is 107 cm³/mol. The van der Waals surface area contributed by atoms with E-state index >= 15 is 0 Å². The van der Waals surface area contributed by atoms with E-state index in [9.17, 15) is 9.18 Å². The number of nitrogens with zero attached hydrogens (tertiary/aromatic N) is 2. The Morgan fingerprint density at radius 1 is 1.11 bits per heavy atom. The first-order chi connectivity index (χ1) is 13.0. The molecule has 7 heteroatoms. The smallest absolute Gasteiger partial charge is 0.257 e.